The maximum absolute atomic E-state index is 13.4. The van der Waals surface area contributed by atoms with Crippen LogP contribution in [0.25, 0.3) is 10.2 Å². The number of thiophene rings is 1. The second kappa shape index (κ2) is 7.87. The van der Waals surface area contributed by atoms with Crippen LogP contribution in [0.2, 0.25) is 0 Å². The van der Waals surface area contributed by atoms with Crippen LogP contribution in [0.4, 0.5) is 0 Å². The van der Waals surface area contributed by atoms with Crippen molar-refractivity contribution in [1.82, 2.24) is 9.55 Å². The van der Waals surface area contributed by atoms with Crippen LogP contribution in [-0.4, -0.2) is 20.6 Å². The van der Waals surface area contributed by atoms with E-state index in [0.29, 0.717) is 28.9 Å². The standard InChI is InChI=1S/C22H26N2O3S/c1-12(2)19-23-20-18(14(4)15(5)28-20)21(25)24(19)17(22(26)27)11-10-16-8-6-13(3)7-9-16/h6-9,12,17H,10-11H2,1-5H3,(H,26,27). The minimum atomic E-state index is -0.998. The molecule has 2 aromatic heterocycles. The molecule has 1 unspecified atom stereocenters. The average molecular weight is 399 g/mol. The molecule has 1 aromatic carbocycles. The summed E-state index contributed by atoms with van der Waals surface area (Å²) in [6, 6.07) is 7.11. The predicted molar refractivity (Wildman–Crippen MR) is 114 cm³/mol. The average Bonchev–Trinajstić information content (AvgIpc) is 2.92. The van der Waals surface area contributed by atoms with Gasteiger partial charge in [-0.2, -0.15) is 0 Å². The zero-order valence-electron chi connectivity index (χ0n) is 16.9. The lowest BCUT2D eigenvalue weighted by Gasteiger charge is -2.21. The van der Waals surface area contributed by atoms with Crippen LogP contribution in [0.3, 0.4) is 0 Å². The van der Waals surface area contributed by atoms with E-state index in [1.54, 1.807) is 0 Å². The lowest BCUT2D eigenvalue weighted by atomic mass is 10.0. The van der Waals surface area contributed by atoms with E-state index in [4.69, 9.17) is 4.98 Å². The molecule has 0 amide bonds. The van der Waals surface area contributed by atoms with Crippen molar-refractivity contribution in [3.8, 4) is 0 Å². The second-order valence-electron chi connectivity index (χ2n) is 7.64. The molecule has 1 N–H and O–H groups in total. The molecule has 2 heterocycles. The molecule has 0 aliphatic rings. The summed E-state index contributed by atoms with van der Waals surface area (Å²) in [5, 5.41) is 10.5. The van der Waals surface area contributed by atoms with Gasteiger partial charge < -0.3 is 5.11 Å². The summed E-state index contributed by atoms with van der Waals surface area (Å²) in [6.07, 6.45) is 0.925. The van der Waals surface area contributed by atoms with Gasteiger partial charge in [-0.3, -0.25) is 9.36 Å². The van der Waals surface area contributed by atoms with Gasteiger partial charge in [-0.1, -0.05) is 43.7 Å². The Kier molecular flexibility index (Phi) is 5.70. The summed E-state index contributed by atoms with van der Waals surface area (Å²) < 4.78 is 1.42. The maximum Gasteiger partial charge on any atom is 0.326 e. The fourth-order valence-electron chi connectivity index (χ4n) is 3.45. The molecule has 0 spiro atoms. The van der Waals surface area contributed by atoms with Crippen molar-refractivity contribution in [2.45, 2.75) is 59.4 Å². The number of hydrogen-bond acceptors (Lipinski definition) is 4. The fourth-order valence-corrected chi connectivity index (χ4v) is 4.48. The van der Waals surface area contributed by atoms with E-state index in [0.717, 1.165) is 21.6 Å². The SMILES string of the molecule is Cc1ccc(CCC(C(=O)O)n2c(C(C)C)nc3sc(C)c(C)c3c2=O)cc1. The number of benzene rings is 1. The fraction of sp³-hybridized carbons (Fsp3) is 0.409. The monoisotopic (exact) mass is 398 g/mol. The molecule has 0 aliphatic heterocycles. The Bertz CT molecular complexity index is 1080. The lowest BCUT2D eigenvalue weighted by Crippen LogP contribution is -2.34. The van der Waals surface area contributed by atoms with Gasteiger partial charge in [-0.25, -0.2) is 9.78 Å². The van der Waals surface area contributed by atoms with E-state index < -0.39 is 12.0 Å². The van der Waals surface area contributed by atoms with E-state index in [1.165, 1.54) is 15.9 Å². The molecule has 3 rings (SSSR count). The largest absolute Gasteiger partial charge is 0.480 e. The maximum atomic E-state index is 13.4. The number of fused-ring (bicyclic) bond motifs is 1. The summed E-state index contributed by atoms with van der Waals surface area (Å²) in [5.41, 5.74) is 2.87. The van der Waals surface area contributed by atoms with E-state index in [-0.39, 0.29) is 11.5 Å². The third-order valence-corrected chi connectivity index (χ3v) is 6.30. The molecule has 0 radical (unpaired) electrons. The van der Waals surface area contributed by atoms with Crippen molar-refractivity contribution in [3.05, 3.63) is 62.0 Å². The Morgan fingerprint density at radius 3 is 2.39 bits per heavy atom. The van der Waals surface area contributed by atoms with Crippen molar-refractivity contribution in [2.24, 2.45) is 0 Å². The van der Waals surface area contributed by atoms with Crippen LogP contribution in [-0.2, 0) is 11.2 Å². The summed E-state index contributed by atoms with van der Waals surface area (Å²) >= 11 is 1.49. The number of carboxylic acids is 1. The van der Waals surface area contributed by atoms with Gasteiger partial charge in [0.05, 0.1) is 5.39 Å². The van der Waals surface area contributed by atoms with Crippen LogP contribution in [0.15, 0.2) is 29.1 Å². The Balaban J connectivity index is 2.11. The Hall–Kier alpha value is -2.47. The first kappa shape index (κ1) is 20.3. The molecule has 0 bridgehead atoms. The number of carboxylic acid groups (broad SMARTS) is 1. The van der Waals surface area contributed by atoms with Gasteiger partial charge in [0.1, 0.15) is 16.7 Å². The first-order valence-corrected chi connectivity index (χ1v) is 10.3. The smallest absolute Gasteiger partial charge is 0.326 e. The number of hydrogen-bond donors (Lipinski definition) is 1. The highest BCUT2D eigenvalue weighted by Crippen LogP contribution is 2.29. The van der Waals surface area contributed by atoms with E-state index >= 15 is 0 Å². The number of aliphatic carboxylic acids is 1. The van der Waals surface area contributed by atoms with Crippen molar-refractivity contribution in [1.29, 1.82) is 0 Å². The number of aromatic nitrogens is 2. The highest BCUT2D eigenvalue weighted by molar-refractivity contribution is 7.18. The third kappa shape index (κ3) is 3.74. The quantitative estimate of drug-likeness (QED) is 0.649. The zero-order chi connectivity index (χ0) is 20.6. The number of rotatable bonds is 6. The van der Waals surface area contributed by atoms with Crippen LogP contribution >= 0.6 is 11.3 Å². The predicted octanol–water partition coefficient (Wildman–Crippen LogP) is 4.77. The normalized spacial score (nSPS) is 12.6. The van der Waals surface area contributed by atoms with Gasteiger partial charge in [0.15, 0.2) is 0 Å². The summed E-state index contributed by atoms with van der Waals surface area (Å²) in [6.45, 7) is 9.77. The molecule has 5 nitrogen and oxygen atoms in total. The van der Waals surface area contributed by atoms with Gasteiger partial charge in [0.2, 0.25) is 0 Å². The second-order valence-corrected chi connectivity index (χ2v) is 8.84. The van der Waals surface area contributed by atoms with E-state index in [9.17, 15) is 14.7 Å². The molecule has 0 aliphatic carbocycles. The third-order valence-electron chi connectivity index (χ3n) is 5.20. The van der Waals surface area contributed by atoms with Crippen molar-refractivity contribution >= 4 is 27.5 Å². The highest BCUT2D eigenvalue weighted by atomic mass is 32.1. The van der Waals surface area contributed by atoms with Crippen LogP contribution in [0, 0.1) is 20.8 Å². The first-order valence-electron chi connectivity index (χ1n) is 9.51. The number of aryl methyl sites for hydroxylation is 4. The first-order chi connectivity index (χ1) is 13.2. The topological polar surface area (TPSA) is 72.2 Å². The highest BCUT2D eigenvalue weighted by Gasteiger charge is 2.27. The van der Waals surface area contributed by atoms with Gasteiger partial charge in [0, 0.05) is 10.8 Å². The van der Waals surface area contributed by atoms with Crippen LogP contribution in [0.1, 0.15) is 59.6 Å². The van der Waals surface area contributed by atoms with E-state index in [2.05, 4.69) is 0 Å². The summed E-state index contributed by atoms with van der Waals surface area (Å²) in [4.78, 5) is 31.9. The van der Waals surface area contributed by atoms with Crippen LogP contribution < -0.4 is 5.56 Å². The number of carbonyl (C=O) groups is 1. The Morgan fingerprint density at radius 2 is 1.82 bits per heavy atom. The molecule has 28 heavy (non-hydrogen) atoms. The van der Waals surface area contributed by atoms with Gasteiger partial charge in [-0.15, -0.1) is 11.3 Å². The molecule has 148 valence electrons. The minimum absolute atomic E-state index is 0.0546. The molecule has 0 saturated heterocycles. The van der Waals surface area contributed by atoms with Crippen molar-refractivity contribution in [2.75, 3.05) is 0 Å². The van der Waals surface area contributed by atoms with Gasteiger partial charge in [-0.05, 0) is 44.7 Å². The van der Waals surface area contributed by atoms with Crippen LogP contribution in [0.5, 0.6) is 0 Å². The molecule has 0 saturated carbocycles. The number of nitrogens with zero attached hydrogens (tertiary/aromatic N) is 2. The zero-order valence-corrected chi connectivity index (χ0v) is 17.8. The molecule has 1 atom stereocenters. The molecule has 0 fully saturated rings. The molecular weight excluding hydrogens is 372 g/mol. The Morgan fingerprint density at radius 1 is 1.18 bits per heavy atom. The minimum Gasteiger partial charge on any atom is -0.480 e. The van der Waals surface area contributed by atoms with Crippen molar-refractivity contribution in [3.63, 3.8) is 0 Å². The lowest BCUT2D eigenvalue weighted by molar-refractivity contribution is -0.141. The van der Waals surface area contributed by atoms with E-state index in [1.807, 2.05) is 58.9 Å². The van der Waals surface area contributed by atoms with Gasteiger partial charge >= 0.3 is 5.97 Å². The molecular formula is C22H26N2O3S. The molecule has 6 heteroatoms. The summed E-state index contributed by atoms with van der Waals surface area (Å²) in [5.74, 6) is -0.516. The van der Waals surface area contributed by atoms with Gasteiger partial charge in [0.25, 0.3) is 5.56 Å². The molecule has 3 aromatic rings. The van der Waals surface area contributed by atoms with Crippen molar-refractivity contribution < 1.29 is 9.90 Å². The Labute approximate surface area is 168 Å². The summed E-state index contributed by atoms with van der Waals surface area (Å²) in [7, 11) is 0.